The van der Waals surface area contributed by atoms with Gasteiger partial charge in [0.25, 0.3) is 0 Å². The Balaban J connectivity index is 1.79. The number of aromatic nitrogens is 2. The number of hydrogen-bond donors (Lipinski definition) is 2. The third-order valence-electron chi connectivity index (χ3n) is 2.57. The van der Waals surface area contributed by atoms with E-state index in [4.69, 9.17) is 0 Å². The normalized spacial score (nSPS) is 17.3. The van der Waals surface area contributed by atoms with Crippen molar-refractivity contribution in [3.05, 3.63) is 12.4 Å². The summed E-state index contributed by atoms with van der Waals surface area (Å²) in [5.41, 5.74) is 0.752. The maximum atomic E-state index is 11.7. The summed E-state index contributed by atoms with van der Waals surface area (Å²) in [7, 11) is 1.83. The molecule has 0 spiro atoms. The summed E-state index contributed by atoms with van der Waals surface area (Å²) >= 11 is 0. The number of rotatable bonds is 3. The van der Waals surface area contributed by atoms with Gasteiger partial charge in [-0.15, -0.1) is 0 Å². The van der Waals surface area contributed by atoms with Gasteiger partial charge in [-0.05, 0) is 0 Å². The van der Waals surface area contributed by atoms with Crippen LogP contribution in [0.5, 0.6) is 0 Å². The number of amides is 1. The first-order chi connectivity index (χ1) is 7.74. The fourth-order valence-electron chi connectivity index (χ4n) is 1.76. The van der Waals surface area contributed by atoms with E-state index in [1.165, 1.54) is 0 Å². The molecule has 16 heavy (non-hydrogen) atoms. The third kappa shape index (κ3) is 3.04. The number of carbonyl (C=O) groups is 1. The van der Waals surface area contributed by atoms with Gasteiger partial charge in [0, 0.05) is 39.4 Å². The molecule has 0 saturated carbocycles. The van der Waals surface area contributed by atoms with E-state index >= 15 is 0 Å². The van der Waals surface area contributed by atoms with Gasteiger partial charge in [-0.2, -0.15) is 5.10 Å². The lowest BCUT2D eigenvalue weighted by Crippen LogP contribution is -2.46. The first-order valence-electron chi connectivity index (χ1n) is 5.45. The molecule has 0 aromatic carbocycles. The Morgan fingerprint density at radius 2 is 2.31 bits per heavy atom. The molecule has 1 aromatic rings. The fraction of sp³-hybridized carbons (Fsp3) is 0.600. The molecule has 0 atom stereocenters. The summed E-state index contributed by atoms with van der Waals surface area (Å²) in [5.74, 6) is 0.0231. The zero-order valence-electron chi connectivity index (χ0n) is 9.44. The van der Waals surface area contributed by atoms with Crippen LogP contribution in [0.2, 0.25) is 0 Å². The Kier molecular flexibility index (Phi) is 3.53. The van der Waals surface area contributed by atoms with Gasteiger partial charge in [-0.25, -0.2) is 0 Å². The van der Waals surface area contributed by atoms with Crippen molar-refractivity contribution < 1.29 is 4.79 Å². The second kappa shape index (κ2) is 5.09. The summed E-state index contributed by atoms with van der Waals surface area (Å²) in [6, 6.07) is 0. The highest BCUT2D eigenvalue weighted by Crippen LogP contribution is 2.03. The smallest absolute Gasteiger partial charge is 0.238 e. The van der Waals surface area contributed by atoms with Crippen LogP contribution >= 0.6 is 0 Å². The lowest BCUT2D eigenvalue weighted by atomic mass is 10.3. The largest absolute Gasteiger partial charge is 0.322 e. The number of nitrogens with zero attached hydrogens (tertiary/aromatic N) is 3. The van der Waals surface area contributed by atoms with Crippen molar-refractivity contribution in [2.24, 2.45) is 7.05 Å². The average molecular weight is 223 g/mol. The molecule has 2 N–H and O–H groups in total. The summed E-state index contributed by atoms with van der Waals surface area (Å²) in [4.78, 5) is 13.8. The van der Waals surface area contributed by atoms with Crippen LogP contribution in [0.25, 0.3) is 0 Å². The van der Waals surface area contributed by atoms with E-state index in [9.17, 15) is 4.79 Å². The van der Waals surface area contributed by atoms with E-state index in [0.29, 0.717) is 6.54 Å². The van der Waals surface area contributed by atoms with E-state index in [1.54, 1.807) is 17.1 Å². The van der Waals surface area contributed by atoms with Crippen LogP contribution in [0.3, 0.4) is 0 Å². The summed E-state index contributed by atoms with van der Waals surface area (Å²) in [6.45, 7) is 4.23. The molecular formula is C10H17N5O. The first kappa shape index (κ1) is 11.1. The number of hydrogen-bond acceptors (Lipinski definition) is 4. The fourth-order valence-corrected chi connectivity index (χ4v) is 1.76. The number of aryl methyl sites for hydroxylation is 1. The quantitative estimate of drug-likeness (QED) is 0.709. The molecule has 2 heterocycles. The number of piperazine rings is 1. The minimum atomic E-state index is 0.0231. The van der Waals surface area contributed by atoms with Gasteiger partial charge in [0.05, 0.1) is 18.4 Å². The molecule has 2 rings (SSSR count). The summed E-state index contributed by atoms with van der Waals surface area (Å²) in [6.07, 6.45) is 3.44. The van der Waals surface area contributed by atoms with Crippen LogP contribution in [-0.4, -0.2) is 53.3 Å². The molecule has 1 amide bonds. The molecule has 1 fully saturated rings. The number of anilines is 1. The SMILES string of the molecule is Cn1cc(NC(=O)CN2CCNCC2)cn1. The minimum absolute atomic E-state index is 0.0231. The lowest BCUT2D eigenvalue weighted by Gasteiger charge is -2.26. The monoisotopic (exact) mass is 223 g/mol. The van der Waals surface area contributed by atoms with Crippen molar-refractivity contribution in [3.63, 3.8) is 0 Å². The Labute approximate surface area is 94.6 Å². The van der Waals surface area contributed by atoms with Crippen LogP contribution in [0, 0.1) is 0 Å². The van der Waals surface area contributed by atoms with Crippen molar-refractivity contribution in [2.45, 2.75) is 0 Å². The zero-order chi connectivity index (χ0) is 11.4. The van der Waals surface area contributed by atoms with Gasteiger partial charge in [-0.1, -0.05) is 0 Å². The second-order valence-corrected chi connectivity index (χ2v) is 3.98. The van der Waals surface area contributed by atoms with Gasteiger partial charge in [0.1, 0.15) is 0 Å². The zero-order valence-corrected chi connectivity index (χ0v) is 9.44. The highest BCUT2D eigenvalue weighted by atomic mass is 16.2. The minimum Gasteiger partial charge on any atom is -0.322 e. The van der Waals surface area contributed by atoms with E-state index in [0.717, 1.165) is 31.9 Å². The van der Waals surface area contributed by atoms with E-state index in [-0.39, 0.29) is 5.91 Å². The number of nitrogens with one attached hydrogen (secondary N) is 2. The molecular weight excluding hydrogens is 206 g/mol. The predicted molar refractivity (Wildman–Crippen MR) is 61.1 cm³/mol. The molecule has 1 aromatic heterocycles. The average Bonchev–Trinajstić information content (AvgIpc) is 2.65. The van der Waals surface area contributed by atoms with Gasteiger partial charge in [-0.3, -0.25) is 14.4 Å². The topological polar surface area (TPSA) is 62.2 Å². The molecule has 0 unspecified atom stereocenters. The Bertz CT molecular complexity index is 356. The molecule has 1 aliphatic rings. The highest BCUT2D eigenvalue weighted by Gasteiger charge is 2.13. The summed E-state index contributed by atoms with van der Waals surface area (Å²) in [5, 5.41) is 10.1. The van der Waals surface area contributed by atoms with Gasteiger partial charge in [0.2, 0.25) is 5.91 Å². The van der Waals surface area contributed by atoms with Crippen molar-refractivity contribution in [1.29, 1.82) is 0 Å². The van der Waals surface area contributed by atoms with Crippen LogP contribution in [0.4, 0.5) is 5.69 Å². The maximum Gasteiger partial charge on any atom is 0.238 e. The molecule has 6 nitrogen and oxygen atoms in total. The van der Waals surface area contributed by atoms with Crippen molar-refractivity contribution in [1.82, 2.24) is 20.0 Å². The summed E-state index contributed by atoms with van der Waals surface area (Å²) < 4.78 is 1.67. The predicted octanol–water partition coefficient (Wildman–Crippen LogP) is -0.736. The van der Waals surface area contributed by atoms with Crippen molar-refractivity contribution in [2.75, 3.05) is 38.0 Å². The maximum absolute atomic E-state index is 11.7. The lowest BCUT2D eigenvalue weighted by molar-refractivity contribution is -0.117. The molecule has 88 valence electrons. The molecule has 0 aliphatic carbocycles. The van der Waals surface area contributed by atoms with Crippen LogP contribution in [0.1, 0.15) is 0 Å². The van der Waals surface area contributed by atoms with Crippen molar-refractivity contribution in [3.8, 4) is 0 Å². The second-order valence-electron chi connectivity index (χ2n) is 3.98. The van der Waals surface area contributed by atoms with Gasteiger partial charge in [0.15, 0.2) is 0 Å². The Hall–Kier alpha value is -1.40. The molecule has 0 bridgehead atoms. The third-order valence-corrected chi connectivity index (χ3v) is 2.57. The number of carbonyl (C=O) groups excluding carboxylic acids is 1. The van der Waals surface area contributed by atoms with Crippen LogP contribution < -0.4 is 10.6 Å². The Morgan fingerprint density at radius 3 is 2.94 bits per heavy atom. The molecule has 0 radical (unpaired) electrons. The van der Waals surface area contributed by atoms with E-state index in [1.807, 2.05) is 7.05 Å². The molecule has 6 heteroatoms. The molecule has 1 aliphatic heterocycles. The standard InChI is InChI=1S/C10H17N5O/c1-14-7-9(6-12-14)13-10(16)8-15-4-2-11-3-5-15/h6-7,11H,2-5,8H2,1H3,(H,13,16). The first-order valence-corrected chi connectivity index (χ1v) is 5.45. The van der Waals surface area contributed by atoms with E-state index < -0.39 is 0 Å². The van der Waals surface area contributed by atoms with E-state index in [2.05, 4.69) is 20.6 Å². The molecule has 1 saturated heterocycles. The van der Waals surface area contributed by atoms with Gasteiger partial charge >= 0.3 is 0 Å². The van der Waals surface area contributed by atoms with Crippen LogP contribution in [0.15, 0.2) is 12.4 Å². The van der Waals surface area contributed by atoms with Crippen molar-refractivity contribution >= 4 is 11.6 Å². The van der Waals surface area contributed by atoms with Crippen LogP contribution in [-0.2, 0) is 11.8 Å². The van der Waals surface area contributed by atoms with Gasteiger partial charge < -0.3 is 10.6 Å². The highest BCUT2D eigenvalue weighted by molar-refractivity contribution is 5.91. The Morgan fingerprint density at radius 1 is 1.56 bits per heavy atom.